The number of carbonyl (C=O) groups excluding carboxylic acids is 1. The zero-order valence-electron chi connectivity index (χ0n) is 12.2. The normalized spacial score (nSPS) is 10.3. The summed E-state index contributed by atoms with van der Waals surface area (Å²) < 4.78 is 31.8. The number of nitrogens with one attached hydrogen (secondary N) is 1. The van der Waals surface area contributed by atoms with E-state index >= 15 is 0 Å². The first kappa shape index (κ1) is 15.9. The second-order valence-electron chi connectivity index (χ2n) is 4.84. The molecule has 2 rings (SSSR count). The number of ether oxygens (including phenoxy) is 1. The lowest BCUT2D eigenvalue weighted by Gasteiger charge is -2.08. The highest BCUT2D eigenvalue weighted by Gasteiger charge is 2.07. The van der Waals surface area contributed by atoms with E-state index in [2.05, 4.69) is 5.32 Å². The van der Waals surface area contributed by atoms with Gasteiger partial charge in [0.2, 0.25) is 5.91 Å². The molecule has 0 aromatic heterocycles. The minimum Gasteiger partial charge on any atom is -0.494 e. The van der Waals surface area contributed by atoms with E-state index in [1.54, 1.807) is 24.3 Å². The van der Waals surface area contributed by atoms with E-state index in [-0.39, 0.29) is 30.4 Å². The molecule has 2 aromatic carbocycles. The average molecular weight is 305 g/mol. The van der Waals surface area contributed by atoms with Gasteiger partial charge in [-0.25, -0.2) is 8.78 Å². The molecular formula is C17H17F2NO2. The van der Waals surface area contributed by atoms with E-state index in [0.717, 1.165) is 0 Å². The average Bonchev–Trinajstić information content (AvgIpc) is 2.52. The number of carbonyl (C=O) groups is 1. The number of hydrogen-bond acceptors (Lipinski definition) is 2. The van der Waals surface area contributed by atoms with Crippen LogP contribution in [0.5, 0.6) is 5.75 Å². The Morgan fingerprint density at radius 1 is 1.14 bits per heavy atom. The van der Waals surface area contributed by atoms with Crippen LogP contribution in [0.4, 0.5) is 8.78 Å². The number of benzene rings is 2. The molecule has 0 aliphatic carbocycles. The van der Waals surface area contributed by atoms with Crippen LogP contribution in [0.2, 0.25) is 0 Å². The van der Waals surface area contributed by atoms with Gasteiger partial charge in [0.05, 0.1) is 7.11 Å². The first-order valence-corrected chi connectivity index (χ1v) is 6.92. The molecule has 2 aromatic rings. The van der Waals surface area contributed by atoms with Gasteiger partial charge >= 0.3 is 0 Å². The monoisotopic (exact) mass is 305 g/mol. The van der Waals surface area contributed by atoms with Crippen molar-refractivity contribution in [1.82, 2.24) is 5.32 Å². The Hall–Kier alpha value is -2.43. The molecule has 0 unspecified atom stereocenters. The van der Waals surface area contributed by atoms with Crippen molar-refractivity contribution in [1.29, 1.82) is 0 Å². The molecule has 0 aliphatic rings. The summed E-state index contributed by atoms with van der Waals surface area (Å²) in [7, 11) is 1.39. The van der Waals surface area contributed by atoms with Crippen LogP contribution in [0.15, 0.2) is 42.5 Å². The van der Waals surface area contributed by atoms with Gasteiger partial charge in [0.25, 0.3) is 0 Å². The minimum absolute atomic E-state index is 0.162. The quantitative estimate of drug-likeness (QED) is 0.890. The first-order chi connectivity index (χ1) is 10.6. The smallest absolute Gasteiger partial charge is 0.220 e. The molecule has 0 saturated carbocycles. The van der Waals surface area contributed by atoms with Crippen molar-refractivity contribution in [3.05, 3.63) is 65.2 Å². The summed E-state index contributed by atoms with van der Waals surface area (Å²) in [6.45, 7) is 0.219. The maximum Gasteiger partial charge on any atom is 0.220 e. The number of aryl methyl sites for hydroxylation is 1. The molecule has 5 heteroatoms. The van der Waals surface area contributed by atoms with Crippen molar-refractivity contribution < 1.29 is 18.3 Å². The molecule has 0 spiro atoms. The molecular weight excluding hydrogens is 288 g/mol. The Labute approximate surface area is 127 Å². The third-order valence-electron chi connectivity index (χ3n) is 3.29. The van der Waals surface area contributed by atoms with Crippen molar-refractivity contribution in [2.24, 2.45) is 0 Å². The number of hydrogen-bond donors (Lipinski definition) is 1. The topological polar surface area (TPSA) is 38.3 Å². The van der Waals surface area contributed by atoms with Gasteiger partial charge in [0.15, 0.2) is 11.6 Å². The highest BCUT2D eigenvalue weighted by Crippen LogP contribution is 2.17. The number of amides is 1. The van der Waals surface area contributed by atoms with Gasteiger partial charge in [-0.15, -0.1) is 0 Å². The summed E-state index contributed by atoms with van der Waals surface area (Å²) in [5, 5.41) is 2.68. The van der Waals surface area contributed by atoms with Crippen molar-refractivity contribution >= 4 is 5.91 Å². The van der Waals surface area contributed by atoms with Crippen LogP contribution >= 0.6 is 0 Å². The molecule has 22 heavy (non-hydrogen) atoms. The first-order valence-electron chi connectivity index (χ1n) is 6.92. The van der Waals surface area contributed by atoms with E-state index in [9.17, 15) is 13.6 Å². The van der Waals surface area contributed by atoms with Gasteiger partial charge in [-0.2, -0.15) is 0 Å². The number of halogens is 2. The third kappa shape index (κ3) is 4.28. The maximum atomic E-state index is 13.5. The van der Waals surface area contributed by atoms with Crippen LogP contribution in [0, 0.1) is 11.6 Å². The zero-order valence-corrected chi connectivity index (χ0v) is 12.2. The van der Waals surface area contributed by atoms with Crippen LogP contribution < -0.4 is 10.1 Å². The Morgan fingerprint density at radius 2 is 1.91 bits per heavy atom. The lowest BCUT2D eigenvalue weighted by atomic mass is 10.1. The van der Waals surface area contributed by atoms with Crippen LogP contribution in [-0.4, -0.2) is 13.0 Å². The van der Waals surface area contributed by atoms with Gasteiger partial charge in [-0.1, -0.05) is 24.3 Å². The van der Waals surface area contributed by atoms with Crippen LogP contribution in [-0.2, 0) is 17.8 Å². The minimum atomic E-state index is -0.472. The summed E-state index contributed by atoms with van der Waals surface area (Å²) in [5.74, 6) is -0.831. The number of methoxy groups -OCH3 is 1. The summed E-state index contributed by atoms with van der Waals surface area (Å²) in [5.41, 5.74) is 1.14. The van der Waals surface area contributed by atoms with E-state index in [1.165, 1.54) is 25.3 Å². The third-order valence-corrected chi connectivity index (χ3v) is 3.29. The summed E-state index contributed by atoms with van der Waals surface area (Å²) >= 11 is 0. The largest absolute Gasteiger partial charge is 0.494 e. The second-order valence-corrected chi connectivity index (χ2v) is 4.84. The van der Waals surface area contributed by atoms with Crippen molar-refractivity contribution in [2.45, 2.75) is 19.4 Å². The standard InChI is InChI=1S/C17H17F2NO2/c1-22-16-8-6-12(10-15(16)19)11-20-17(21)9-7-13-4-2-3-5-14(13)18/h2-6,8,10H,7,9,11H2,1H3,(H,20,21). The summed E-state index contributed by atoms with van der Waals surface area (Å²) in [6.07, 6.45) is 0.509. The Kier molecular flexibility index (Phi) is 5.47. The molecule has 116 valence electrons. The van der Waals surface area contributed by atoms with Crippen LogP contribution in [0.3, 0.4) is 0 Å². The molecule has 0 radical (unpaired) electrons. The Balaban J connectivity index is 1.83. The lowest BCUT2D eigenvalue weighted by Crippen LogP contribution is -2.23. The number of rotatable bonds is 6. The molecule has 1 amide bonds. The van der Waals surface area contributed by atoms with E-state index in [4.69, 9.17) is 4.74 Å². The molecule has 0 atom stereocenters. The lowest BCUT2D eigenvalue weighted by molar-refractivity contribution is -0.121. The fourth-order valence-corrected chi connectivity index (χ4v) is 2.06. The van der Waals surface area contributed by atoms with Gasteiger partial charge in [-0.3, -0.25) is 4.79 Å². The Morgan fingerprint density at radius 3 is 2.59 bits per heavy atom. The van der Waals surface area contributed by atoms with Gasteiger partial charge in [-0.05, 0) is 35.7 Å². The molecule has 0 heterocycles. The van der Waals surface area contributed by atoms with Crippen molar-refractivity contribution in [3.8, 4) is 5.75 Å². The summed E-state index contributed by atoms with van der Waals surface area (Å²) in [4.78, 5) is 11.8. The fourth-order valence-electron chi connectivity index (χ4n) is 2.06. The molecule has 0 fully saturated rings. The molecule has 1 N–H and O–H groups in total. The summed E-state index contributed by atoms with van der Waals surface area (Å²) in [6, 6.07) is 10.9. The predicted octanol–water partition coefficient (Wildman–Crippen LogP) is 3.22. The zero-order chi connectivity index (χ0) is 15.9. The SMILES string of the molecule is COc1ccc(CNC(=O)CCc2ccccc2F)cc1F. The molecule has 0 saturated heterocycles. The van der Waals surface area contributed by atoms with E-state index in [1.807, 2.05) is 0 Å². The highest BCUT2D eigenvalue weighted by atomic mass is 19.1. The van der Waals surface area contributed by atoms with Crippen LogP contribution in [0.25, 0.3) is 0 Å². The second kappa shape index (κ2) is 7.54. The van der Waals surface area contributed by atoms with Crippen molar-refractivity contribution in [2.75, 3.05) is 7.11 Å². The molecule has 3 nitrogen and oxygen atoms in total. The van der Waals surface area contributed by atoms with E-state index in [0.29, 0.717) is 17.5 Å². The van der Waals surface area contributed by atoms with Gasteiger partial charge in [0.1, 0.15) is 5.82 Å². The highest BCUT2D eigenvalue weighted by molar-refractivity contribution is 5.76. The van der Waals surface area contributed by atoms with Crippen molar-refractivity contribution in [3.63, 3.8) is 0 Å². The van der Waals surface area contributed by atoms with E-state index < -0.39 is 5.82 Å². The predicted molar refractivity (Wildman–Crippen MR) is 79.5 cm³/mol. The van der Waals surface area contributed by atoms with Crippen LogP contribution in [0.1, 0.15) is 17.5 Å². The maximum absolute atomic E-state index is 13.5. The molecule has 0 bridgehead atoms. The van der Waals surface area contributed by atoms with Gasteiger partial charge < -0.3 is 10.1 Å². The Bertz CT molecular complexity index is 659. The molecule has 0 aliphatic heterocycles. The van der Waals surface area contributed by atoms with Gasteiger partial charge in [0, 0.05) is 13.0 Å². The fraction of sp³-hybridized carbons (Fsp3) is 0.235.